The monoisotopic (exact) mass is 183 g/mol. The molecule has 0 spiro atoms. The Balaban J connectivity index is 1.86. The van der Waals surface area contributed by atoms with Crippen LogP contribution in [-0.2, 0) is 11.2 Å². The van der Waals surface area contributed by atoms with Crippen molar-refractivity contribution < 1.29 is 4.74 Å². The van der Waals surface area contributed by atoms with Gasteiger partial charge >= 0.3 is 0 Å². The Morgan fingerprint density at radius 2 is 2.67 bits per heavy atom. The van der Waals surface area contributed by atoms with Crippen LogP contribution in [0.2, 0.25) is 0 Å². The van der Waals surface area contributed by atoms with E-state index < -0.39 is 0 Å². The van der Waals surface area contributed by atoms with Crippen LogP contribution in [0.5, 0.6) is 0 Å². The molecule has 0 radical (unpaired) electrons. The predicted molar refractivity (Wildman–Crippen MR) is 49.4 cm³/mol. The third-order valence-electron chi connectivity index (χ3n) is 2.20. The molecule has 1 aromatic rings. The van der Waals surface area contributed by atoms with Crippen molar-refractivity contribution in [2.75, 3.05) is 13.2 Å². The molecule has 12 heavy (non-hydrogen) atoms. The van der Waals surface area contributed by atoms with E-state index in [4.69, 9.17) is 4.74 Å². The average Bonchev–Trinajstić information content (AvgIpc) is 2.59. The summed E-state index contributed by atoms with van der Waals surface area (Å²) in [7, 11) is 0. The summed E-state index contributed by atoms with van der Waals surface area (Å²) in [5, 5.41) is 3.30. The van der Waals surface area contributed by atoms with Gasteiger partial charge in [-0.15, -0.1) is 11.3 Å². The summed E-state index contributed by atoms with van der Waals surface area (Å²) in [6, 6.07) is 0. The Bertz CT molecular complexity index is 216. The number of hydrogen-bond acceptors (Lipinski definition) is 3. The zero-order valence-electron chi connectivity index (χ0n) is 7.03. The molecule has 2 heterocycles. The van der Waals surface area contributed by atoms with Gasteiger partial charge in [-0.3, -0.25) is 0 Å². The summed E-state index contributed by atoms with van der Waals surface area (Å²) >= 11 is 1.75. The van der Waals surface area contributed by atoms with Crippen LogP contribution in [0.25, 0.3) is 0 Å². The predicted octanol–water partition coefficient (Wildman–Crippen LogP) is 2.11. The van der Waals surface area contributed by atoms with Crippen molar-refractivity contribution in [3.63, 3.8) is 0 Å². The smallest absolute Gasteiger partial charge is 0.0928 e. The zero-order valence-corrected chi connectivity index (χ0v) is 7.85. The lowest BCUT2D eigenvalue weighted by atomic mass is 9.99. The Morgan fingerprint density at radius 1 is 1.67 bits per heavy atom. The van der Waals surface area contributed by atoms with Crippen LogP contribution in [0.1, 0.15) is 17.8 Å². The van der Waals surface area contributed by atoms with E-state index in [0.29, 0.717) is 5.92 Å². The molecule has 0 saturated carbocycles. The van der Waals surface area contributed by atoms with Crippen LogP contribution in [-0.4, -0.2) is 18.2 Å². The normalized spacial score (nSPS) is 24.2. The van der Waals surface area contributed by atoms with Gasteiger partial charge in [0.1, 0.15) is 0 Å². The van der Waals surface area contributed by atoms with Gasteiger partial charge in [0.15, 0.2) is 0 Å². The van der Waals surface area contributed by atoms with Crippen molar-refractivity contribution >= 4 is 11.3 Å². The molecular formula is C9H13NOS. The van der Waals surface area contributed by atoms with Gasteiger partial charge in [-0.1, -0.05) is 0 Å². The Kier molecular flexibility index (Phi) is 2.74. The van der Waals surface area contributed by atoms with Crippen molar-refractivity contribution in [1.82, 2.24) is 4.98 Å². The summed E-state index contributed by atoms with van der Waals surface area (Å²) in [4.78, 5) is 4.27. The van der Waals surface area contributed by atoms with Gasteiger partial charge in [-0.25, -0.2) is 4.98 Å². The van der Waals surface area contributed by atoms with E-state index in [1.165, 1.54) is 17.8 Å². The zero-order chi connectivity index (χ0) is 8.23. The molecular weight excluding hydrogens is 170 g/mol. The van der Waals surface area contributed by atoms with Crippen LogP contribution in [0.4, 0.5) is 0 Å². The lowest BCUT2D eigenvalue weighted by Crippen LogP contribution is -2.19. The summed E-state index contributed by atoms with van der Waals surface area (Å²) < 4.78 is 5.41. The topological polar surface area (TPSA) is 22.1 Å². The average molecular weight is 183 g/mol. The molecule has 2 nitrogen and oxygen atoms in total. The second-order valence-electron chi connectivity index (χ2n) is 3.21. The van der Waals surface area contributed by atoms with Crippen molar-refractivity contribution in [3.8, 4) is 0 Å². The molecule has 0 aliphatic carbocycles. The van der Waals surface area contributed by atoms with Gasteiger partial charge in [-0.2, -0.15) is 0 Å². The molecule has 1 saturated heterocycles. The fourth-order valence-corrected chi connectivity index (χ4v) is 2.30. The number of hydrogen-bond donors (Lipinski definition) is 0. The maximum absolute atomic E-state index is 5.41. The number of nitrogens with zero attached hydrogens (tertiary/aromatic N) is 1. The SMILES string of the molecule is c1csc(CC2CCCOC2)n1. The quantitative estimate of drug-likeness (QED) is 0.700. The van der Waals surface area contributed by atoms with E-state index >= 15 is 0 Å². The maximum atomic E-state index is 5.41. The summed E-state index contributed by atoms with van der Waals surface area (Å²) in [5.41, 5.74) is 0. The van der Waals surface area contributed by atoms with Gasteiger partial charge in [0.25, 0.3) is 0 Å². The van der Waals surface area contributed by atoms with Crippen molar-refractivity contribution in [3.05, 3.63) is 16.6 Å². The Hall–Kier alpha value is -0.410. The summed E-state index contributed by atoms with van der Waals surface area (Å²) in [5.74, 6) is 0.713. The van der Waals surface area contributed by atoms with Crippen LogP contribution in [0.15, 0.2) is 11.6 Å². The molecule has 3 heteroatoms. The van der Waals surface area contributed by atoms with Gasteiger partial charge in [0.2, 0.25) is 0 Å². The van der Waals surface area contributed by atoms with E-state index in [2.05, 4.69) is 4.98 Å². The summed E-state index contributed by atoms with van der Waals surface area (Å²) in [6.07, 6.45) is 5.51. The lowest BCUT2D eigenvalue weighted by molar-refractivity contribution is 0.0550. The van der Waals surface area contributed by atoms with Crippen LogP contribution < -0.4 is 0 Å². The van der Waals surface area contributed by atoms with Crippen molar-refractivity contribution in [2.45, 2.75) is 19.3 Å². The Labute approximate surface area is 76.6 Å². The van der Waals surface area contributed by atoms with E-state index in [9.17, 15) is 0 Å². The molecule has 0 N–H and O–H groups in total. The van der Waals surface area contributed by atoms with Gasteiger partial charge in [0.05, 0.1) is 5.01 Å². The molecule has 1 fully saturated rings. The first-order valence-corrected chi connectivity index (χ1v) is 5.29. The summed E-state index contributed by atoms with van der Waals surface area (Å²) in [6.45, 7) is 1.88. The first kappa shape index (κ1) is 8.20. The highest BCUT2D eigenvalue weighted by molar-refractivity contribution is 7.09. The molecule has 0 amide bonds. The molecule has 1 aromatic heterocycles. The third kappa shape index (κ3) is 2.05. The second kappa shape index (κ2) is 4.01. The molecule has 0 bridgehead atoms. The molecule has 1 atom stereocenters. The molecule has 1 aliphatic rings. The van der Waals surface area contributed by atoms with Gasteiger partial charge in [-0.05, 0) is 18.8 Å². The first-order chi connectivity index (χ1) is 5.95. The van der Waals surface area contributed by atoms with E-state index in [1.54, 1.807) is 11.3 Å². The van der Waals surface area contributed by atoms with E-state index in [-0.39, 0.29) is 0 Å². The van der Waals surface area contributed by atoms with Crippen molar-refractivity contribution in [1.29, 1.82) is 0 Å². The first-order valence-electron chi connectivity index (χ1n) is 4.41. The third-order valence-corrected chi connectivity index (χ3v) is 3.00. The molecule has 1 aliphatic heterocycles. The number of thiazole rings is 1. The minimum atomic E-state index is 0.713. The molecule has 2 rings (SSSR count). The highest BCUT2D eigenvalue weighted by Gasteiger charge is 2.14. The number of ether oxygens (including phenoxy) is 1. The fourth-order valence-electron chi connectivity index (χ4n) is 1.57. The standard InChI is InChI=1S/C9H13NOS/c1-2-8(7-11-4-1)6-9-10-3-5-12-9/h3,5,8H,1-2,4,6-7H2. The van der Waals surface area contributed by atoms with Crippen molar-refractivity contribution in [2.24, 2.45) is 5.92 Å². The minimum Gasteiger partial charge on any atom is -0.381 e. The molecule has 66 valence electrons. The minimum absolute atomic E-state index is 0.713. The molecule has 1 unspecified atom stereocenters. The van der Waals surface area contributed by atoms with Crippen LogP contribution >= 0.6 is 11.3 Å². The largest absolute Gasteiger partial charge is 0.381 e. The van der Waals surface area contributed by atoms with Gasteiger partial charge < -0.3 is 4.74 Å². The second-order valence-corrected chi connectivity index (χ2v) is 4.19. The molecule has 0 aromatic carbocycles. The number of rotatable bonds is 2. The Morgan fingerprint density at radius 3 is 3.33 bits per heavy atom. The van der Waals surface area contributed by atoms with E-state index in [1.807, 2.05) is 11.6 Å². The highest BCUT2D eigenvalue weighted by atomic mass is 32.1. The van der Waals surface area contributed by atoms with Gasteiger partial charge in [0, 0.05) is 31.2 Å². The fraction of sp³-hybridized carbons (Fsp3) is 0.667. The maximum Gasteiger partial charge on any atom is 0.0928 e. The lowest BCUT2D eigenvalue weighted by Gasteiger charge is -2.20. The van der Waals surface area contributed by atoms with Crippen LogP contribution in [0.3, 0.4) is 0 Å². The number of aromatic nitrogens is 1. The highest BCUT2D eigenvalue weighted by Crippen LogP contribution is 2.19. The van der Waals surface area contributed by atoms with Crippen LogP contribution in [0, 0.1) is 5.92 Å². The van der Waals surface area contributed by atoms with E-state index in [0.717, 1.165) is 19.6 Å².